The number of rotatable bonds is 2. The number of nitrogens with two attached hydrogens (primary N) is 1. The Kier molecular flexibility index (Phi) is 3.33. The van der Waals surface area contributed by atoms with E-state index < -0.39 is 0 Å². The third-order valence-corrected chi connectivity index (χ3v) is 3.27. The second kappa shape index (κ2) is 4.72. The number of hydrogen-bond donors (Lipinski definition) is 1. The van der Waals surface area contributed by atoms with Crippen LogP contribution in [-0.4, -0.2) is 4.98 Å². The SMILES string of the molecule is NC(c1cccnc1)c1ccccc1I. The van der Waals surface area contributed by atoms with E-state index >= 15 is 0 Å². The molecule has 0 radical (unpaired) electrons. The molecule has 76 valence electrons. The van der Waals surface area contributed by atoms with Crippen LogP contribution < -0.4 is 5.73 Å². The van der Waals surface area contributed by atoms with Crippen LogP contribution in [0.4, 0.5) is 0 Å². The summed E-state index contributed by atoms with van der Waals surface area (Å²) in [4.78, 5) is 4.08. The van der Waals surface area contributed by atoms with Crippen LogP contribution in [0.5, 0.6) is 0 Å². The summed E-state index contributed by atoms with van der Waals surface area (Å²) >= 11 is 2.30. The van der Waals surface area contributed by atoms with Gasteiger partial charge in [-0.2, -0.15) is 0 Å². The standard InChI is InChI=1S/C12H11IN2/c13-11-6-2-1-5-10(11)12(14)9-4-3-7-15-8-9/h1-8,12H,14H2. The Bertz CT molecular complexity index is 442. The van der Waals surface area contributed by atoms with Gasteiger partial charge in [0.25, 0.3) is 0 Å². The van der Waals surface area contributed by atoms with Crippen molar-refractivity contribution in [2.75, 3.05) is 0 Å². The zero-order valence-corrected chi connectivity index (χ0v) is 10.3. The van der Waals surface area contributed by atoms with Gasteiger partial charge in [-0.05, 0) is 45.9 Å². The molecule has 1 unspecified atom stereocenters. The second-order valence-corrected chi connectivity index (χ2v) is 4.45. The van der Waals surface area contributed by atoms with Crippen LogP contribution in [0.2, 0.25) is 0 Å². The Hall–Kier alpha value is -0.940. The molecule has 0 aliphatic carbocycles. The van der Waals surface area contributed by atoms with Gasteiger partial charge in [-0.3, -0.25) is 4.98 Å². The Morgan fingerprint density at radius 1 is 1.13 bits per heavy atom. The fraction of sp³-hybridized carbons (Fsp3) is 0.0833. The first-order valence-corrected chi connectivity index (χ1v) is 5.77. The summed E-state index contributed by atoms with van der Waals surface area (Å²) in [6.07, 6.45) is 3.57. The van der Waals surface area contributed by atoms with Gasteiger partial charge in [0.05, 0.1) is 6.04 Å². The van der Waals surface area contributed by atoms with Crippen molar-refractivity contribution in [1.82, 2.24) is 4.98 Å². The van der Waals surface area contributed by atoms with Crippen molar-refractivity contribution in [1.29, 1.82) is 0 Å². The fourth-order valence-electron chi connectivity index (χ4n) is 1.47. The highest BCUT2D eigenvalue weighted by molar-refractivity contribution is 14.1. The lowest BCUT2D eigenvalue weighted by atomic mass is 10.0. The molecule has 15 heavy (non-hydrogen) atoms. The first-order chi connectivity index (χ1) is 7.29. The van der Waals surface area contributed by atoms with E-state index in [0.717, 1.165) is 11.1 Å². The Balaban J connectivity index is 2.37. The van der Waals surface area contributed by atoms with E-state index in [9.17, 15) is 0 Å². The van der Waals surface area contributed by atoms with Crippen LogP contribution in [0.15, 0.2) is 48.8 Å². The number of halogens is 1. The minimum Gasteiger partial charge on any atom is -0.320 e. The third kappa shape index (κ3) is 2.35. The van der Waals surface area contributed by atoms with Gasteiger partial charge in [0, 0.05) is 16.0 Å². The molecule has 0 amide bonds. The Morgan fingerprint density at radius 2 is 1.93 bits per heavy atom. The van der Waals surface area contributed by atoms with Gasteiger partial charge in [0.1, 0.15) is 0 Å². The maximum Gasteiger partial charge on any atom is 0.0577 e. The topological polar surface area (TPSA) is 38.9 Å². The molecule has 1 aromatic heterocycles. The molecule has 1 aromatic carbocycles. The molecule has 2 N–H and O–H groups in total. The Morgan fingerprint density at radius 3 is 2.60 bits per heavy atom. The van der Waals surface area contributed by atoms with Crippen LogP contribution in [0.1, 0.15) is 17.2 Å². The van der Waals surface area contributed by atoms with E-state index in [1.165, 1.54) is 3.57 Å². The summed E-state index contributed by atoms with van der Waals surface area (Å²) in [6.45, 7) is 0. The van der Waals surface area contributed by atoms with E-state index in [4.69, 9.17) is 5.73 Å². The van der Waals surface area contributed by atoms with E-state index in [1.54, 1.807) is 6.20 Å². The highest BCUT2D eigenvalue weighted by atomic mass is 127. The van der Waals surface area contributed by atoms with Crippen molar-refractivity contribution in [3.8, 4) is 0 Å². The number of hydrogen-bond acceptors (Lipinski definition) is 2. The first kappa shape index (κ1) is 10.6. The number of benzene rings is 1. The van der Waals surface area contributed by atoms with Gasteiger partial charge < -0.3 is 5.73 Å². The molecular formula is C12H11IN2. The van der Waals surface area contributed by atoms with E-state index in [0.29, 0.717) is 0 Å². The highest BCUT2D eigenvalue weighted by Crippen LogP contribution is 2.23. The molecule has 0 aliphatic rings. The monoisotopic (exact) mass is 310 g/mol. The lowest BCUT2D eigenvalue weighted by Gasteiger charge is -2.13. The maximum atomic E-state index is 6.17. The van der Waals surface area contributed by atoms with Crippen LogP contribution in [-0.2, 0) is 0 Å². The fourth-order valence-corrected chi connectivity index (χ4v) is 2.19. The average Bonchev–Trinajstić information content (AvgIpc) is 2.30. The predicted octanol–water partition coefficient (Wildman–Crippen LogP) is 2.73. The third-order valence-electron chi connectivity index (χ3n) is 2.28. The molecule has 2 aromatic rings. The van der Waals surface area contributed by atoms with Crippen molar-refractivity contribution in [3.63, 3.8) is 0 Å². The summed E-state index contributed by atoms with van der Waals surface area (Å²) < 4.78 is 1.19. The molecule has 0 bridgehead atoms. The number of aromatic nitrogens is 1. The zero-order chi connectivity index (χ0) is 10.7. The largest absolute Gasteiger partial charge is 0.320 e. The second-order valence-electron chi connectivity index (χ2n) is 3.29. The molecule has 2 rings (SSSR count). The maximum absolute atomic E-state index is 6.17. The summed E-state index contributed by atoms with van der Waals surface area (Å²) in [5.74, 6) is 0. The van der Waals surface area contributed by atoms with Crippen molar-refractivity contribution in [2.45, 2.75) is 6.04 Å². The van der Waals surface area contributed by atoms with Gasteiger partial charge in [0.15, 0.2) is 0 Å². The molecule has 0 saturated carbocycles. The smallest absolute Gasteiger partial charge is 0.0577 e. The molecule has 0 fully saturated rings. The quantitative estimate of drug-likeness (QED) is 0.866. The molecule has 2 nitrogen and oxygen atoms in total. The van der Waals surface area contributed by atoms with Gasteiger partial charge in [-0.15, -0.1) is 0 Å². The van der Waals surface area contributed by atoms with Crippen molar-refractivity contribution in [2.24, 2.45) is 5.73 Å². The summed E-state index contributed by atoms with van der Waals surface area (Å²) in [6, 6.07) is 12.0. The van der Waals surface area contributed by atoms with Crippen molar-refractivity contribution >= 4 is 22.6 Å². The minimum absolute atomic E-state index is 0.0909. The number of pyridine rings is 1. The molecular weight excluding hydrogens is 299 g/mol. The highest BCUT2D eigenvalue weighted by Gasteiger charge is 2.10. The first-order valence-electron chi connectivity index (χ1n) is 4.69. The van der Waals surface area contributed by atoms with Crippen molar-refractivity contribution < 1.29 is 0 Å². The van der Waals surface area contributed by atoms with Crippen molar-refractivity contribution in [3.05, 3.63) is 63.5 Å². The number of nitrogens with zero attached hydrogens (tertiary/aromatic N) is 1. The molecule has 1 atom stereocenters. The van der Waals surface area contributed by atoms with Gasteiger partial charge in [0.2, 0.25) is 0 Å². The molecule has 3 heteroatoms. The molecule has 1 heterocycles. The van der Waals surface area contributed by atoms with Crippen LogP contribution in [0, 0.1) is 3.57 Å². The van der Waals surface area contributed by atoms with E-state index in [1.807, 2.05) is 30.5 Å². The Labute approximate surface area is 103 Å². The van der Waals surface area contributed by atoms with Gasteiger partial charge >= 0.3 is 0 Å². The lowest BCUT2D eigenvalue weighted by Crippen LogP contribution is -2.13. The van der Waals surface area contributed by atoms with Gasteiger partial charge in [-0.25, -0.2) is 0 Å². The summed E-state index contributed by atoms with van der Waals surface area (Å²) in [7, 11) is 0. The lowest BCUT2D eigenvalue weighted by molar-refractivity contribution is 0.857. The van der Waals surface area contributed by atoms with Crippen LogP contribution in [0.25, 0.3) is 0 Å². The average molecular weight is 310 g/mol. The zero-order valence-electron chi connectivity index (χ0n) is 8.10. The minimum atomic E-state index is -0.0909. The molecule has 0 aliphatic heterocycles. The van der Waals surface area contributed by atoms with E-state index in [2.05, 4.69) is 39.7 Å². The van der Waals surface area contributed by atoms with E-state index in [-0.39, 0.29) is 6.04 Å². The molecule has 0 spiro atoms. The summed E-state index contributed by atoms with van der Waals surface area (Å²) in [5.41, 5.74) is 8.36. The van der Waals surface area contributed by atoms with Crippen LogP contribution >= 0.6 is 22.6 Å². The molecule has 0 saturated heterocycles. The summed E-state index contributed by atoms with van der Waals surface area (Å²) in [5, 5.41) is 0. The van der Waals surface area contributed by atoms with Crippen LogP contribution in [0.3, 0.4) is 0 Å². The normalized spacial score (nSPS) is 12.4. The predicted molar refractivity (Wildman–Crippen MR) is 69.4 cm³/mol. The van der Waals surface area contributed by atoms with Gasteiger partial charge in [-0.1, -0.05) is 24.3 Å².